The van der Waals surface area contributed by atoms with E-state index in [0.717, 1.165) is 16.5 Å². The van der Waals surface area contributed by atoms with E-state index in [2.05, 4.69) is 26.2 Å². The maximum absolute atomic E-state index is 14.0. The lowest BCUT2D eigenvalue weighted by atomic mass is 10.1. The summed E-state index contributed by atoms with van der Waals surface area (Å²) >= 11 is 4.65. The summed E-state index contributed by atoms with van der Waals surface area (Å²) in [5.41, 5.74) is 2.30. The van der Waals surface area contributed by atoms with Crippen LogP contribution in [0.3, 0.4) is 0 Å². The molecule has 1 aromatic heterocycles. The third kappa shape index (κ3) is 5.86. The number of carbonyl (C=O) groups is 1. The fourth-order valence-corrected chi connectivity index (χ4v) is 4.72. The molecule has 0 aliphatic rings. The standard InChI is InChI=1S/C24H25BrFN3O2S/c1-4-7-21(22(30)28-20-9-6-5-8-19(20)26)32-24-27-15(2)18(23(31)29(24)3)14-16-10-12-17(25)13-11-16/h5-6,8-13,21H,4,7,14H2,1-3H3,(H,28,30). The van der Waals surface area contributed by atoms with Crippen LogP contribution < -0.4 is 10.9 Å². The zero-order valence-electron chi connectivity index (χ0n) is 18.2. The summed E-state index contributed by atoms with van der Waals surface area (Å²) in [7, 11) is 1.67. The van der Waals surface area contributed by atoms with E-state index in [1.54, 1.807) is 19.2 Å². The van der Waals surface area contributed by atoms with Crippen LogP contribution in [0.15, 0.2) is 63.0 Å². The number of aromatic nitrogens is 2. The van der Waals surface area contributed by atoms with Crippen molar-refractivity contribution in [3.8, 4) is 0 Å². The fraction of sp³-hybridized carbons (Fsp3) is 0.292. The number of aryl methyl sites for hydroxylation is 1. The first-order valence-electron chi connectivity index (χ1n) is 10.3. The molecule has 0 aliphatic carbocycles. The molecule has 1 amide bonds. The number of para-hydroxylation sites is 1. The number of carbonyl (C=O) groups excluding carboxylic acids is 1. The molecule has 0 radical (unpaired) electrons. The summed E-state index contributed by atoms with van der Waals surface area (Å²) < 4.78 is 16.4. The predicted octanol–water partition coefficient (Wildman–Crippen LogP) is 5.48. The molecule has 1 atom stereocenters. The molecule has 8 heteroatoms. The van der Waals surface area contributed by atoms with E-state index in [4.69, 9.17) is 0 Å². The molecule has 32 heavy (non-hydrogen) atoms. The summed E-state index contributed by atoms with van der Waals surface area (Å²) in [5.74, 6) is -0.799. The summed E-state index contributed by atoms with van der Waals surface area (Å²) in [6, 6.07) is 13.9. The van der Waals surface area contributed by atoms with Crippen molar-refractivity contribution < 1.29 is 9.18 Å². The lowest BCUT2D eigenvalue weighted by Crippen LogP contribution is -2.29. The molecule has 3 rings (SSSR count). The maximum Gasteiger partial charge on any atom is 0.257 e. The van der Waals surface area contributed by atoms with Gasteiger partial charge in [0, 0.05) is 29.2 Å². The van der Waals surface area contributed by atoms with Gasteiger partial charge >= 0.3 is 0 Å². The Morgan fingerprint density at radius 3 is 2.56 bits per heavy atom. The second-order valence-electron chi connectivity index (χ2n) is 7.49. The summed E-state index contributed by atoms with van der Waals surface area (Å²) in [5, 5.41) is 2.62. The van der Waals surface area contributed by atoms with Gasteiger partial charge in [-0.15, -0.1) is 0 Å². The number of thioether (sulfide) groups is 1. The van der Waals surface area contributed by atoms with Crippen LogP contribution in [0.4, 0.5) is 10.1 Å². The number of rotatable bonds is 8. The van der Waals surface area contributed by atoms with Crippen molar-refractivity contribution in [2.45, 2.75) is 43.5 Å². The molecule has 1 heterocycles. The minimum absolute atomic E-state index is 0.132. The lowest BCUT2D eigenvalue weighted by molar-refractivity contribution is -0.115. The molecular weight excluding hydrogens is 493 g/mol. The summed E-state index contributed by atoms with van der Waals surface area (Å²) in [6.07, 6.45) is 1.81. The number of nitrogens with one attached hydrogen (secondary N) is 1. The highest BCUT2D eigenvalue weighted by Crippen LogP contribution is 2.27. The van der Waals surface area contributed by atoms with Crippen LogP contribution >= 0.6 is 27.7 Å². The monoisotopic (exact) mass is 517 g/mol. The first-order valence-corrected chi connectivity index (χ1v) is 12.0. The molecule has 0 saturated carbocycles. The number of benzene rings is 2. The Kier molecular flexibility index (Phi) is 8.26. The van der Waals surface area contributed by atoms with Crippen LogP contribution in [0.25, 0.3) is 0 Å². The largest absolute Gasteiger partial charge is 0.323 e. The average molecular weight is 518 g/mol. The van der Waals surface area contributed by atoms with Gasteiger partial charge in [-0.1, -0.05) is 65.3 Å². The molecule has 5 nitrogen and oxygen atoms in total. The molecular formula is C24H25BrFN3O2S. The second-order valence-corrected chi connectivity index (χ2v) is 9.58. The van der Waals surface area contributed by atoms with Crippen molar-refractivity contribution in [1.29, 1.82) is 0 Å². The predicted molar refractivity (Wildman–Crippen MR) is 131 cm³/mol. The van der Waals surface area contributed by atoms with Gasteiger partial charge in [-0.3, -0.25) is 14.2 Å². The number of nitrogens with zero attached hydrogens (tertiary/aromatic N) is 2. The summed E-state index contributed by atoms with van der Waals surface area (Å²) in [6.45, 7) is 3.79. The van der Waals surface area contributed by atoms with E-state index < -0.39 is 11.1 Å². The van der Waals surface area contributed by atoms with Crippen molar-refractivity contribution >= 4 is 39.3 Å². The van der Waals surface area contributed by atoms with Gasteiger partial charge < -0.3 is 5.32 Å². The first-order chi connectivity index (χ1) is 15.3. The SMILES string of the molecule is CCCC(Sc1nc(C)c(Cc2ccc(Br)cc2)c(=O)n1C)C(=O)Nc1ccccc1F. The highest BCUT2D eigenvalue weighted by Gasteiger charge is 2.23. The zero-order chi connectivity index (χ0) is 23.3. The number of hydrogen-bond acceptors (Lipinski definition) is 4. The minimum atomic E-state index is -0.505. The van der Waals surface area contributed by atoms with Crippen LogP contribution in [-0.4, -0.2) is 20.7 Å². The van der Waals surface area contributed by atoms with Crippen molar-refractivity contribution in [3.63, 3.8) is 0 Å². The third-order valence-corrected chi connectivity index (χ3v) is 6.91. The normalized spacial score (nSPS) is 11.9. The summed E-state index contributed by atoms with van der Waals surface area (Å²) in [4.78, 5) is 30.6. The van der Waals surface area contributed by atoms with Crippen LogP contribution in [0.2, 0.25) is 0 Å². The van der Waals surface area contributed by atoms with E-state index in [1.807, 2.05) is 38.1 Å². The Morgan fingerprint density at radius 2 is 1.91 bits per heavy atom. The topological polar surface area (TPSA) is 64.0 Å². The molecule has 1 unspecified atom stereocenters. The maximum atomic E-state index is 14.0. The molecule has 0 saturated heterocycles. The van der Waals surface area contributed by atoms with Gasteiger partial charge in [0.05, 0.1) is 10.9 Å². The van der Waals surface area contributed by atoms with Crippen molar-refractivity contribution in [1.82, 2.24) is 9.55 Å². The lowest BCUT2D eigenvalue weighted by Gasteiger charge is -2.18. The van der Waals surface area contributed by atoms with Crippen LogP contribution in [-0.2, 0) is 18.3 Å². The smallest absolute Gasteiger partial charge is 0.257 e. The number of anilines is 1. The fourth-order valence-electron chi connectivity index (χ4n) is 3.25. The Balaban J connectivity index is 1.84. The van der Waals surface area contributed by atoms with E-state index in [9.17, 15) is 14.0 Å². The second kappa shape index (κ2) is 10.9. The van der Waals surface area contributed by atoms with Crippen LogP contribution in [0.5, 0.6) is 0 Å². The van der Waals surface area contributed by atoms with E-state index in [1.165, 1.54) is 28.5 Å². The molecule has 168 valence electrons. The molecule has 0 fully saturated rings. The van der Waals surface area contributed by atoms with Gasteiger partial charge in [0.1, 0.15) is 5.82 Å². The minimum Gasteiger partial charge on any atom is -0.323 e. The molecule has 0 spiro atoms. The molecule has 3 aromatic rings. The highest BCUT2D eigenvalue weighted by atomic mass is 79.9. The van der Waals surface area contributed by atoms with Crippen molar-refractivity contribution in [3.05, 3.63) is 86.0 Å². The van der Waals surface area contributed by atoms with Gasteiger partial charge in [0.2, 0.25) is 5.91 Å². The first kappa shape index (κ1) is 24.2. The molecule has 0 bridgehead atoms. The quantitative estimate of drug-likeness (QED) is 0.317. The van der Waals surface area contributed by atoms with Gasteiger partial charge in [0.25, 0.3) is 5.56 Å². The average Bonchev–Trinajstić information content (AvgIpc) is 2.77. The number of amides is 1. The Hall–Kier alpha value is -2.45. The Labute approximate surface area is 199 Å². The zero-order valence-corrected chi connectivity index (χ0v) is 20.6. The van der Waals surface area contributed by atoms with Crippen molar-refractivity contribution in [2.75, 3.05) is 5.32 Å². The molecule has 0 aliphatic heterocycles. The number of halogens is 2. The van der Waals surface area contributed by atoms with Crippen molar-refractivity contribution in [2.24, 2.45) is 7.05 Å². The van der Waals surface area contributed by atoms with Gasteiger partial charge in [-0.05, 0) is 43.2 Å². The third-order valence-electron chi connectivity index (χ3n) is 5.07. The van der Waals surface area contributed by atoms with Gasteiger partial charge in [-0.25, -0.2) is 9.37 Å². The van der Waals surface area contributed by atoms with E-state index >= 15 is 0 Å². The molecule has 2 aromatic carbocycles. The Bertz CT molecular complexity index is 1160. The Morgan fingerprint density at radius 1 is 1.22 bits per heavy atom. The van der Waals surface area contributed by atoms with Crippen LogP contribution in [0.1, 0.15) is 36.6 Å². The van der Waals surface area contributed by atoms with E-state index in [-0.39, 0.29) is 17.2 Å². The van der Waals surface area contributed by atoms with Gasteiger partial charge in [-0.2, -0.15) is 0 Å². The number of hydrogen-bond donors (Lipinski definition) is 1. The van der Waals surface area contributed by atoms with E-state index in [0.29, 0.717) is 29.3 Å². The van der Waals surface area contributed by atoms with Crippen LogP contribution in [0, 0.1) is 12.7 Å². The molecule has 1 N–H and O–H groups in total. The highest BCUT2D eigenvalue weighted by molar-refractivity contribution is 9.10. The van der Waals surface area contributed by atoms with Gasteiger partial charge in [0.15, 0.2) is 5.16 Å².